The SMILES string of the molecule is CCCCCCCCCCCC(=O)OC[C@@H](OCc1ccccc1)[C@@H](O)[C@H](O)[C@@H](COC(=O)CCCCCCCCCCC)OCc1ccccc1. The van der Waals surface area contributed by atoms with Gasteiger partial charge in [0.1, 0.15) is 37.6 Å². The third kappa shape index (κ3) is 22.3. The lowest BCUT2D eigenvalue weighted by Gasteiger charge is -2.31. The van der Waals surface area contributed by atoms with E-state index in [0.717, 1.165) is 49.7 Å². The van der Waals surface area contributed by atoms with E-state index in [2.05, 4.69) is 13.8 Å². The lowest BCUT2D eigenvalue weighted by molar-refractivity contribution is -0.179. The summed E-state index contributed by atoms with van der Waals surface area (Å²) in [6.07, 6.45) is 16.2. The van der Waals surface area contributed by atoms with Crippen molar-refractivity contribution in [2.24, 2.45) is 0 Å². The van der Waals surface area contributed by atoms with Crippen molar-refractivity contribution in [1.82, 2.24) is 0 Å². The topological polar surface area (TPSA) is 112 Å². The maximum absolute atomic E-state index is 12.7. The van der Waals surface area contributed by atoms with E-state index in [1.807, 2.05) is 60.7 Å². The number of esters is 2. The quantitative estimate of drug-likeness (QED) is 0.0553. The van der Waals surface area contributed by atoms with E-state index in [1.165, 1.54) is 77.0 Å². The normalized spacial score (nSPS) is 13.7. The second-order valence-electron chi connectivity index (χ2n) is 14.2. The van der Waals surface area contributed by atoms with Crippen LogP contribution in [0, 0.1) is 0 Å². The zero-order chi connectivity index (χ0) is 37.5. The van der Waals surface area contributed by atoms with Gasteiger partial charge in [0.25, 0.3) is 0 Å². The number of aliphatic hydroxyl groups is 2. The first-order chi connectivity index (χ1) is 25.4. The molecule has 0 saturated heterocycles. The highest BCUT2D eigenvalue weighted by atomic mass is 16.6. The van der Waals surface area contributed by atoms with Gasteiger partial charge in [-0.05, 0) is 24.0 Å². The van der Waals surface area contributed by atoms with Crippen LogP contribution in [0.3, 0.4) is 0 Å². The maximum Gasteiger partial charge on any atom is 0.305 e. The first-order valence-corrected chi connectivity index (χ1v) is 20.4. The molecule has 0 unspecified atom stereocenters. The number of hydrogen-bond acceptors (Lipinski definition) is 8. The molecule has 0 radical (unpaired) electrons. The maximum atomic E-state index is 12.7. The largest absolute Gasteiger partial charge is 0.463 e. The van der Waals surface area contributed by atoms with Gasteiger partial charge in [-0.25, -0.2) is 0 Å². The lowest BCUT2D eigenvalue weighted by atomic mass is 10.0. The lowest BCUT2D eigenvalue weighted by Crippen LogP contribution is -2.50. The molecule has 8 nitrogen and oxygen atoms in total. The van der Waals surface area contributed by atoms with Crippen LogP contribution in [0.5, 0.6) is 0 Å². The zero-order valence-electron chi connectivity index (χ0n) is 32.4. The van der Waals surface area contributed by atoms with Gasteiger partial charge in [0.05, 0.1) is 13.2 Å². The minimum Gasteiger partial charge on any atom is -0.463 e. The predicted octanol–water partition coefficient (Wildman–Crippen LogP) is 9.81. The van der Waals surface area contributed by atoms with Gasteiger partial charge in [0.15, 0.2) is 0 Å². The van der Waals surface area contributed by atoms with E-state index < -0.39 is 24.4 Å². The number of ether oxygens (including phenoxy) is 4. The molecule has 0 bridgehead atoms. The van der Waals surface area contributed by atoms with E-state index in [9.17, 15) is 19.8 Å². The average molecular weight is 727 g/mol. The van der Waals surface area contributed by atoms with Crippen LogP contribution >= 0.6 is 0 Å². The Bertz CT molecular complexity index is 1040. The second kappa shape index (κ2) is 30.7. The highest BCUT2D eigenvalue weighted by Gasteiger charge is 2.35. The summed E-state index contributed by atoms with van der Waals surface area (Å²) < 4.78 is 23.3. The average Bonchev–Trinajstić information content (AvgIpc) is 3.17. The fraction of sp³-hybridized carbons (Fsp3) is 0.682. The summed E-state index contributed by atoms with van der Waals surface area (Å²) in [5.74, 6) is -0.722. The fourth-order valence-corrected chi connectivity index (χ4v) is 6.14. The third-order valence-corrected chi connectivity index (χ3v) is 9.51. The van der Waals surface area contributed by atoms with Gasteiger partial charge in [-0.15, -0.1) is 0 Å². The van der Waals surface area contributed by atoms with Crippen LogP contribution in [0.15, 0.2) is 60.7 Å². The molecule has 0 heterocycles. The Morgan fingerprint density at radius 2 is 0.788 bits per heavy atom. The number of unbranched alkanes of at least 4 members (excludes halogenated alkanes) is 16. The zero-order valence-corrected chi connectivity index (χ0v) is 32.4. The van der Waals surface area contributed by atoms with Gasteiger partial charge >= 0.3 is 11.9 Å². The van der Waals surface area contributed by atoms with Crippen LogP contribution < -0.4 is 0 Å². The molecule has 0 aliphatic carbocycles. The highest BCUT2D eigenvalue weighted by Crippen LogP contribution is 2.18. The summed E-state index contributed by atoms with van der Waals surface area (Å²) in [5.41, 5.74) is 1.75. The number of aliphatic hydroxyl groups excluding tert-OH is 2. The Labute approximate surface area is 315 Å². The number of hydrogen-bond donors (Lipinski definition) is 2. The molecule has 0 spiro atoms. The molecule has 2 aromatic rings. The molecule has 0 aliphatic rings. The molecule has 0 fully saturated rings. The summed E-state index contributed by atoms with van der Waals surface area (Å²) in [7, 11) is 0. The van der Waals surface area contributed by atoms with E-state index in [-0.39, 0.29) is 51.2 Å². The molecule has 2 aromatic carbocycles. The van der Waals surface area contributed by atoms with Gasteiger partial charge in [-0.2, -0.15) is 0 Å². The summed E-state index contributed by atoms with van der Waals surface area (Å²) in [5, 5.41) is 22.9. The van der Waals surface area contributed by atoms with Crippen LogP contribution in [-0.4, -0.2) is 59.8 Å². The van der Waals surface area contributed by atoms with Crippen molar-refractivity contribution < 1.29 is 38.7 Å². The van der Waals surface area contributed by atoms with Crippen molar-refractivity contribution in [3.63, 3.8) is 0 Å². The molecule has 0 aromatic heterocycles. The molecule has 0 amide bonds. The summed E-state index contributed by atoms with van der Waals surface area (Å²) in [6, 6.07) is 19.0. The first-order valence-electron chi connectivity index (χ1n) is 20.4. The summed E-state index contributed by atoms with van der Waals surface area (Å²) in [6.45, 7) is 4.27. The molecule has 2 rings (SSSR count). The Kier molecular flexibility index (Phi) is 26.8. The molecular weight excluding hydrogens is 656 g/mol. The summed E-state index contributed by atoms with van der Waals surface area (Å²) >= 11 is 0. The molecule has 4 atom stereocenters. The van der Waals surface area contributed by atoms with Crippen molar-refractivity contribution in [3.8, 4) is 0 Å². The van der Waals surface area contributed by atoms with Crippen LogP contribution in [0.4, 0.5) is 0 Å². The molecule has 8 heteroatoms. The first kappa shape index (κ1) is 45.4. The molecule has 0 saturated carbocycles. The van der Waals surface area contributed by atoms with E-state index >= 15 is 0 Å². The van der Waals surface area contributed by atoms with Crippen LogP contribution in [-0.2, 0) is 41.8 Å². The van der Waals surface area contributed by atoms with E-state index in [1.54, 1.807) is 0 Å². The highest BCUT2D eigenvalue weighted by molar-refractivity contribution is 5.69. The van der Waals surface area contributed by atoms with Gasteiger partial charge < -0.3 is 29.2 Å². The van der Waals surface area contributed by atoms with Gasteiger partial charge in [0.2, 0.25) is 0 Å². The molecule has 0 aliphatic heterocycles. The van der Waals surface area contributed by atoms with Crippen molar-refractivity contribution in [3.05, 3.63) is 71.8 Å². The minimum absolute atomic E-state index is 0.147. The van der Waals surface area contributed by atoms with Gasteiger partial charge in [-0.1, -0.05) is 177 Å². The Balaban J connectivity index is 1.93. The monoisotopic (exact) mass is 727 g/mol. The Morgan fingerprint density at radius 1 is 0.481 bits per heavy atom. The van der Waals surface area contributed by atoms with E-state index in [4.69, 9.17) is 18.9 Å². The van der Waals surface area contributed by atoms with Crippen LogP contribution in [0.25, 0.3) is 0 Å². The number of carbonyl (C=O) groups is 2. The Morgan fingerprint density at radius 3 is 1.12 bits per heavy atom. The predicted molar refractivity (Wildman–Crippen MR) is 208 cm³/mol. The van der Waals surface area contributed by atoms with Crippen LogP contribution in [0.1, 0.15) is 153 Å². The smallest absolute Gasteiger partial charge is 0.305 e. The third-order valence-electron chi connectivity index (χ3n) is 9.51. The second-order valence-corrected chi connectivity index (χ2v) is 14.2. The molecule has 52 heavy (non-hydrogen) atoms. The van der Waals surface area contributed by atoms with Gasteiger partial charge in [-0.3, -0.25) is 9.59 Å². The minimum atomic E-state index is -1.49. The standard InChI is InChI=1S/C44H70O8/c1-3-5-7-9-11-13-15-17-25-31-41(45)51-35-39(49-33-37-27-21-19-22-28-37)43(47)44(48)40(50-34-38-29-23-20-24-30-38)36-52-42(46)32-26-18-16-14-12-10-8-6-4-2/h19-24,27-30,39-40,43-44,47-48H,3-18,25-26,31-36H2,1-2H3/t39-,40-,43-,44-/m1/s1. The number of rotatable bonds is 33. The number of carbonyl (C=O) groups excluding carboxylic acids is 2. The van der Waals surface area contributed by atoms with Crippen molar-refractivity contribution >= 4 is 11.9 Å². The fourth-order valence-electron chi connectivity index (χ4n) is 6.14. The van der Waals surface area contributed by atoms with Crippen LogP contribution in [0.2, 0.25) is 0 Å². The number of benzene rings is 2. The van der Waals surface area contributed by atoms with Crippen molar-refractivity contribution in [2.45, 2.75) is 180 Å². The molecular formula is C44H70O8. The molecule has 2 N–H and O–H groups in total. The van der Waals surface area contributed by atoms with E-state index in [0.29, 0.717) is 0 Å². The Hall–Kier alpha value is -2.78. The molecule has 294 valence electrons. The van der Waals surface area contributed by atoms with Crippen molar-refractivity contribution in [2.75, 3.05) is 13.2 Å². The summed E-state index contributed by atoms with van der Waals surface area (Å²) in [4.78, 5) is 25.4. The van der Waals surface area contributed by atoms with Crippen molar-refractivity contribution in [1.29, 1.82) is 0 Å². The van der Waals surface area contributed by atoms with Gasteiger partial charge in [0, 0.05) is 12.8 Å².